The van der Waals surface area contributed by atoms with Gasteiger partial charge in [-0.1, -0.05) is 38.3 Å². The lowest BCUT2D eigenvalue weighted by atomic mass is 10.1. The molecule has 0 bridgehead atoms. The van der Waals surface area contributed by atoms with Crippen molar-refractivity contribution in [3.63, 3.8) is 0 Å². The summed E-state index contributed by atoms with van der Waals surface area (Å²) in [5.41, 5.74) is 15.8. The van der Waals surface area contributed by atoms with E-state index in [-0.39, 0.29) is 5.91 Å². The Morgan fingerprint density at radius 3 is 2.44 bits per heavy atom. The Bertz CT molecular complexity index is 683. The Kier molecular flexibility index (Phi) is 7.14. The van der Waals surface area contributed by atoms with E-state index in [4.69, 9.17) is 11.5 Å². The Morgan fingerprint density at radius 2 is 1.76 bits per heavy atom. The second-order valence-electron chi connectivity index (χ2n) is 6.26. The van der Waals surface area contributed by atoms with Crippen molar-refractivity contribution in [3.8, 4) is 0 Å². The Balaban J connectivity index is 1.84. The van der Waals surface area contributed by atoms with Crippen molar-refractivity contribution in [2.24, 2.45) is 0 Å². The number of carbonyl (C=O) groups excluding carboxylic acids is 1. The zero-order valence-corrected chi connectivity index (χ0v) is 14.8. The first-order valence-corrected chi connectivity index (χ1v) is 8.86. The number of nitrogens with two attached hydrogens (primary N) is 2. The van der Waals surface area contributed by atoms with Crippen LogP contribution in [0.25, 0.3) is 0 Å². The highest BCUT2D eigenvalue weighted by Gasteiger charge is 2.06. The van der Waals surface area contributed by atoms with Crippen molar-refractivity contribution >= 4 is 28.7 Å². The lowest BCUT2D eigenvalue weighted by molar-refractivity contribution is -0.116. The molecule has 0 aliphatic rings. The van der Waals surface area contributed by atoms with Gasteiger partial charge < -0.3 is 22.1 Å². The molecule has 0 spiro atoms. The summed E-state index contributed by atoms with van der Waals surface area (Å²) in [6.45, 7) is 2.84. The molecule has 0 radical (unpaired) electrons. The summed E-state index contributed by atoms with van der Waals surface area (Å²) in [6, 6.07) is 13.3. The van der Waals surface area contributed by atoms with Crippen LogP contribution in [-0.4, -0.2) is 5.91 Å². The van der Waals surface area contributed by atoms with Gasteiger partial charge in [0.15, 0.2) is 0 Å². The lowest BCUT2D eigenvalue weighted by Crippen LogP contribution is -2.12. The largest absolute Gasteiger partial charge is 0.399 e. The second-order valence-corrected chi connectivity index (χ2v) is 6.26. The van der Waals surface area contributed by atoms with Gasteiger partial charge in [0.25, 0.3) is 0 Å². The summed E-state index contributed by atoms with van der Waals surface area (Å²) in [6.07, 6.45) is 4.88. The van der Waals surface area contributed by atoms with E-state index in [9.17, 15) is 4.79 Å². The van der Waals surface area contributed by atoms with Gasteiger partial charge in [-0.2, -0.15) is 0 Å². The molecule has 0 fully saturated rings. The number of carbonyl (C=O) groups is 1. The third-order valence-electron chi connectivity index (χ3n) is 4.06. The predicted molar refractivity (Wildman–Crippen MR) is 106 cm³/mol. The van der Waals surface area contributed by atoms with E-state index in [0.29, 0.717) is 24.3 Å². The molecule has 0 saturated heterocycles. The van der Waals surface area contributed by atoms with Crippen LogP contribution < -0.4 is 22.1 Å². The lowest BCUT2D eigenvalue weighted by Gasteiger charge is -2.12. The van der Waals surface area contributed by atoms with Crippen LogP contribution in [0.3, 0.4) is 0 Å². The molecule has 0 heterocycles. The molecule has 0 aromatic heterocycles. The zero-order valence-electron chi connectivity index (χ0n) is 14.8. The number of anilines is 4. The van der Waals surface area contributed by atoms with E-state index < -0.39 is 0 Å². The van der Waals surface area contributed by atoms with Crippen LogP contribution in [0.15, 0.2) is 42.5 Å². The topological polar surface area (TPSA) is 93.2 Å². The summed E-state index contributed by atoms with van der Waals surface area (Å²) < 4.78 is 0. The van der Waals surface area contributed by atoms with Crippen LogP contribution in [0.5, 0.6) is 0 Å². The minimum atomic E-state index is 0.0189. The summed E-state index contributed by atoms with van der Waals surface area (Å²) in [4.78, 5) is 12.0. The smallest absolute Gasteiger partial charge is 0.224 e. The highest BCUT2D eigenvalue weighted by molar-refractivity contribution is 5.94. The SMILES string of the molecule is CCCCCCC(=O)Nc1ccc(NCc2ccc(N)cc2)cc1N. The van der Waals surface area contributed by atoms with Crippen molar-refractivity contribution in [1.82, 2.24) is 0 Å². The van der Waals surface area contributed by atoms with Crippen LogP contribution in [-0.2, 0) is 11.3 Å². The number of hydrogen-bond donors (Lipinski definition) is 4. The van der Waals surface area contributed by atoms with Gasteiger partial charge in [-0.15, -0.1) is 0 Å². The maximum Gasteiger partial charge on any atom is 0.224 e. The molecule has 6 N–H and O–H groups in total. The van der Waals surface area contributed by atoms with E-state index >= 15 is 0 Å². The molecule has 5 nitrogen and oxygen atoms in total. The van der Waals surface area contributed by atoms with Crippen LogP contribution in [0.4, 0.5) is 22.7 Å². The van der Waals surface area contributed by atoms with Gasteiger partial charge in [-0.25, -0.2) is 0 Å². The van der Waals surface area contributed by atoms with E-state index in [0.717, 1.165) is 29.8 Å². The third-order valence-corrected chi connectivity index (χ3v) is 4.06. The molecule has 2 rings (SSSR count). The summed E-state index contributed by atoms with van der Waals surface area (Å²) in [5.74, 6) is 0.0189. The van der Waals surface area contributed by atoms with Crippen molar-refractivity contribution < 1.29 is 4.79 Å². The van der Waals surface area contributed by atoms with E-state index in [2.05, 4.69) is 17.6 Å². The van der Waals surface area contributed by atoms with Gasteiger partial charge in [0.1, 0.15) is 0 Å². The minimum Gasteiger partial charge on any atom is -0.399 e. The number of amides is 1. The summed E-state index contributed by atoms with van der Waals surface area (Å²) >= 11 is 0. The molecule has 0 aliphatic carbocycles. The predicted octanol–water partition coefficient (Wildman–Crippen LogP) is 4.37. The average Bonchev–Trinajstić information content (AvgIpc) is 2.60. The normalized spacial score (nSPS) is 10.4. The first kappa shape index (κ1) is 18.6. The molecule has 25 heavy (non-hydrogen) atoms. The van der Waals surface area contributed by atoms with Crippen LogP contribution >= 0.6 is 0 Å². The quantitative estimate of drug-likeness (QED) is 0.403. The Hall–Kier alpha value is -2.69. The number of nitrogen functional groups attached to an aromatic ring is 2. The zero-order chi connectivity index (χ0) is 18.1. The molecule has 2 aromatic carbocycles. The van der Waals surface area contributed by atoms with Crippen molar-refractivity contribution in [3.05, 3.63) is 48.0 Å². The van der Waals surface area contributed by atoms with Crippen molar-refractivity contribution in [2.45, 2.75) is 45.6 Å². The molecule has 0 aliphatic heterocycles. The number of rotatable bonds is 9. The fourth-order valence-corrected chi connectivity index (χ4v) is 2.55. The fourth-order valence-electron chi connectivity index (χ4n) is 2.55. The van der Waals surface area contributed by atoms with Crippen molar-refractivity contribution in [1.29, 1.82) is 0 Å². The van der Waals surface area contributed by atoms with Gasteiger partial charge in [-0.05, 0) is 42.3 Å². The third kappa shape index (κ3) is 6.37. The highest BCUT2D eigenvalue weighted by atomic mass is 16.1. The molecule has 5 heteroatoms. The van der Waals surface area contributed by atoms with Gasteiger partial charge in [0.2, 0.25) is 5.91 Å². The first-order chi connectivity index (χ1) is 12.1. The maximum atomic E-state index is 12.0. The van der Waals surface area contributed by atoms with Crippen LogP contribution in [0.2, 0.25) is 0 Å². The highest BCUT2D eigenvalue weighted by Crippen LogP contribution is 2.23. The van der Waals surface area contributed by atoms with E-state index in [1.807, 2.05) is 42.5 Å². The number of unbranched alkanes of at least 4 members (excludes halogenated alkanes) is 3. The molecule has 134 valence electrons. The maximum absolute atomic E-state index is 12.0. The van der Waals surface area contributed by atoms with E-state index in [1.54, 1.807) is 0 Å². The van der Waals surface area contributed by atoms with Gasteiger partial charge in [0, 0.05) is 24.3 Å². The Labute approximate surface area is 149 Å². The average molecular weight is 340 g/mol. The molecular formula is C20H28N4O. The molecule has 0 unspecified atom stereocenters. The van der Waals surface area contributed by atoms with E-state index in [1.165, 1.54) is 12.8 Å². The number of benzene rings is 2. The fraction of sp³-hybridized carbons (Fsp3) is 0.350. The van der Waals surface area contributed by atoms with Gasteiger partial charge in [-0.3, -0.25) is 4.79 Å². The standard InChI is InChI=1S/C20H28N4O/c1-2-3-4-5-6-20(25)24-19-12-11-17(13-18(19)22)23-14-15-7-9-16(21)10-8-15/h7-13,23H,2-6,14,21-22H2,1H3,(H,24,25). The minimum absolute atomic E-state index is 0.0189. The molecule has 0 atom stereocenters. The first-order valence-electron chi connectivity index (χ1n) is 8.86. The Morgan fingerprint density at radius 1 is 1.00 bits per heavy atom. The summed E-state index contributed by atoms with van der Waals surface area (Å²) in [5, 5.41) is 6.21. The van der Waals surface area contributed by atoms with Crippen LogP contribution in [0.1, 0.15) is 44.6 Å². The van der Waals surface area contributed by atoms with Crippen molar-refractivity contribution in [2.75, 3.05) is 22.1 Å². The number of hydrogen-bond acceptors (Lipinski definition) is 4. The molecule has 1 amide bonds. The van der Waals surface area contributed by atoms with Gasteiger partial charge in [0.05, 0.1) is 11.4 Å². The molecule has 2 aromatic rings. The van der Waals surface area contributed by atoms with Crippen LogP contribution in [0, 0.1) is 0 Å². The molecular weight excluding hydrogens is 312 g/mol. The molecule has 0 saturated carbocycles. The monoisotopic (exact) mass is 340 g/mol. The summed E-state index contributed by atoms with van der Waals surface area (Å²) in [7, 11) is 0. The van der Waals surface area contributed by atoms with Gasteiger partial charge >= 0.3 is 0 Å². The number of nitrogens with one attached hydrogen (secondary N) is 2. The second kappa shape index (κ2) is 9.57.